The van der Waals surface area contributed by atoms with Gasteiger partial charge in [0, 0.05) is 49.4 Å². The van der Waals surface area contributed by atoms with E-state index in [2.05, 4.69) is 238 Å². The molecule has 4 heterocycles. The first-order valence-corrected chi connectivity index (χ1v) is 24.0. The molecular formula is C65H47BN2. The van der Waals surface area contributed by atoms with Crippen LogP contribution in [0, 0.1) is 34.6 Å². The van der Waals surface area contributed by atoms with Gasteiger partial charge in [0.05, 0.1) is 11.0 Å². The maximum atomic E-state index is 2.73. The van der Waals surface area contributed by atoms with Gasteiger partial charge in [-0.15, -0.1) is 0 Å². The quantitative estimate of drug-likeness (QED) is 0.153. The van der Waals surface area contributed by atoms with E-state index < -0.39 is 0 Å². The van der Waals surface area contributed by atoms with Crippen LogP contribution in [0.25, 0.3) is 116 Å². The summed E-state index contributed by atoms with van der Waals surface area (Å²) in [6.07, 6.45) is 0. The Bertz CT molecular complexity index is 4160. The minimum Gasteiger partial charge on any atom is -0.375 e. The molecule has 320 valence electrons. The van der Waals surface area contributed by atoms with Crippen LogP contribution in [0.1, 0.15) is 27.8 Å². The SMILES string of the molecule is Cc1ccccc1-c1ccc2c(c1)c1cc(-c3ccccc3C)cc3c1n2B1c2c-3cccc2-n2c3c1cc(-c1ccccc1C)cc3c1cc(-c3ccccc3C)cc(-c3ccccc3C)c12. The zero-order chi connectivity index (χ0) is 45.5. The zero-order valence-corrected chi connectivity index (χ0v) is 38.9. The Morgan fingerprint density at radius 3 is 1.28 bits per heavy atom. The fourth-order valence-corrected chi connectivity index (χ4v) is 12.4. The van der Waals surface area contributed by atoms with Crippen LogP contribution in [-0.2, 0) is 0 Å². The molecule has 0 spiro atoms. The molecule has 0 bridgehead atoms. The van der Waals surface area contributed by atoms with Gasteiger partial charge in [0.2, 0.25) is 0 Å². The van der Waals surface area contributed by atoms with Gasteiger partial charge in [-0.25, -0.2) is 0 Å². The van der Waals surface area contributed by atoms with Crippen LogP contribution in [0.2, 0.25) is 0 Å². The second-order valence-electron chi connectivity index (χ2n) is 19.5. The Balaban J connectivity index is 1.18. The summed E-state index contributed by atoms with van der Waals surface area (Å²) in [5.74, 6) is 0. The Morgan fingerprint density at radius 2 is 0.735 bits per heavy atom. The van der Waals surface area contributed by atoms with Gasteiger partial charge in [-0.05, 0) is 178 Å². The number of hydrogen-bond acceptors (Lipinski definition) is 0. The third-order valence-electron chi connectivity index (χ3n) is 15.6. The molecule has 0 N–H and O–H groups in total. The fraction of sp³-hybridized carbons (Fsp3) is 0.0769. The smallest absolute Gasteiger partial charge is 0.333 e. The zero-order valence-electron chi connectivity index (χ0n) is 38.9. The highest BCUT2D eigenvalue weighted by atomic mass is 15.0. The molecule has 14 rings (SSSR count). The summed E-state index contributed by atoms with van der Waals surface area (Å²) in [5, 5.41) is 5.14. The van der Waals surface area contributed by atoms with Crippen LogP contribution in [0.4, 0.5) is 0 Å². The normalized spacial score (nSPS) is 12.5. The summed E-state index contributed by atoms with van der Waals surface area (Å²) >= 11 is 0. The lowest BCUT2D eigenvalue weighted by atomic mass is 9.45. The van der Waals surface area contributed by atoms with Crippen molar-refractivity contribution in [3.05, 3.63) is 222 Å². The molecule has 2 nitrogen and oxygen atoms in total. The first-order chi connectivity index (χ1) is 33.3. The number of rotatable bonds is 5. The number of aryl methyl sites for hydroxylation is 5. The van der Waals surface area contributed by atoms with E-state index in [0.717, 1.165) is 0 Å². The number of hydrogen-bond donors (Lipinski definition) is 0. The summed E-state index contributed by atoms with van der Waals surface area (Å²) in [7, 11) is 0. The van der Waals surface area contributed by atoms with Crippen molar-refractivity contribution in [2.24, 2.45) is 0 Å². The van der Waals surface area contributed by atoms with E-state index in [4.69, 9.17) is 0 Å². The topological polar surface area (TPSA) is 9.86 Å². The Hall–Kier alpha value is -8.14. The maximum Gasteiger partial charge on any atom is 0.333 e. The van der Waals surface area contributed by atoms with Crippen LogP contribution in [0.5, 0.6) is 0 Å². The number of aromatic nitrogens is 2. The number of fused-ring (bicyclic) bond motifs is 10. The lowest BCUT2D eigenvalue weighted by Gasteiger charge is -2.34. The predicted molar refractivity (Wildman–Crippen MR) is 291 cm³/mol. The van der Waals surface area contributed by atoms with Gasteiger partial charge in [0.1, 0.15) is 0 Å². The molecule has 2 aliphatic rings. The molecule has 0 saturated heterocycles. The Labute approximate surface area is 397 Å². The van der Waals surface area contributed by atoms with Gasteiger partial charge in [0.25, 0.3) is 0 Å². The molecule has 10 aromatic carbocycles. The molecule has 12 aromatic rings. The van der Waals surface area contributed by atoms with E-state index in [-0.39, 0.29) is 6.85 Å². The number of nitrogens with zero attached hydrogens (tertiary/aromatic N) is 2. The minimum absolute atomic E-state index is 0.0802. The highest BCUT2D eigenvalue weighted by Crippen LogP contribution is 2.49. The molecule has 0 unspecified atom stereocenters. The van der Waals surface area contributed by atoms with Crippen molar-refractivity contribution < 1.29 is 0 Å². The van der Waals surface area contributed by atoms with Crippen molar-refractivity contribution >= 4 is 61.4 Å². The van der Waals surface area contributed by atoms with Gasteiger partial charge in [-0.3, -0.25) is 0 Å². The standard InChI is InChI=1S/C65H47BN2/c1-38-17-6-11-22-47(38)43-29-30-60-53(31-43)56-34-45(49-24-13-8-19-40(49)3)33-55-52-27-16-28-61-62(52)66(68(60)64(55)56)59-37-46(50-25-14-9-20-41(50)4)36-58-57-35-44(48-23-12-7-18-39(48)2)32-54(63(57)67(61)65(58)59)51-26-15-10-21-42(51)5/h6-37H,1-5H3. The van der Waals surface area contributed by atoms with Crippen molar-refractivity contribution in [3.8, 4) is 72.4 Å². The third-order valence-corrected chi connectivity index (χ3v) is 15.6. The van der Waals surface area contributed by atoms with Gasteiger partial charge in [0.15, 0.2) is 0 Å². The molecule has 0 aliphatic carbocycles. The molecule has 0 atom stereocenters. The molecule has 0 saturated carbocycles. The second kappa shape index (κ2) is 14.4. The van der Waals surface area contributed by atoms with E-state index in [9.17, 15) is 0 Å². The second-order valence-corrected chi connectivity index (χ2v) is 19.5. The van der Waals surface area contributed by atoms with E-state index in [1.54, 1.807) is 0 Å². The third kappa shape index (κ3) is 5.42. The van der Waals surface area contributed by atoms with Crippen molar-refractivity contribution in [1.82, 2.24) is 9.05 Å². The van der Waals surface area contributed by atoms with Crippen molar-refractivity contribution in [1.29, 1.82) is 0 Å². The minimum atomic E-state index is -0.0802. The largest absolute Gasteiger partial charge is 0.375 e. The molecule has 0 fully saturated rings. The molecular weight excluding hydrogens is 820 g/mol. The monoisotopic (exact) mass is 866 g/mol. The van der Waals surface area contributed by atoms with Crippen molar-refractivity contribution in [3.63, 3.8) is 0 Å². The lowest BCUT2D eigenvalue weighted by Crippen LogP contribution is -2.55. The molecule has 2 aromatic heterocycles. The van der Waals surface area contributed by atoms with Gasteiger partial charge in [-0.2, -0.15) is 0 Å². The summed E-state index contributed by atoms with van der Waals surface area (Å²) in [6.45, 7) is 11.2. The molecule has 0 amide bonds. The highest BCUT2D eigenvalue weighted by molar-refractivity contribution is 6.90. The van der Waals surface area contributed by atoms with E-state index in [1.165, 1.54) is 155 Å². The van der Waals surface area contributed by atoms with Crippen LogP contribution in [0.15, 0.2) is 194 Å². The van der Waals surface area contributed by atoms with Gasteiger partial charge < -0.3 is 9.05 Å². The maximum absolute atomic E-state index is 2.73. The summed E-state index contributed by atoms with van der Waals surface area (Å²) < 4.78 is 5.39. The van der Waals surface area contributed by atoms with E-state index >= 15 is 0 Å². The predicted octanol–water partition coefficient (Wildman–Crippen LogP) is 15.7. The Morgan fingerprint density at radius 1 is 0.309 bits per heavy atom. The highest BCUT2D eigenvalue weighted by Gasteiger charge is 2.42. The first-order valence-electron chi connectivity index (χ1n) is 24.0. The van der Waals surface area contributed by atoms with Crippen molar-refractivity contribution in [2.45, 2.75) is 34.6 Å². The van der Waals surface area contributed by atoms with Crippen molar-refractivity contribution in [2.75, 3.05) is 0 Å². The first kappa shape index (κ1) is 39.1. The Kier molecular flexibility index (Phi) is 8.29. The van der Waals surface area contributed by atoms with Crippen LogP contribution in [0.3, 0.4) is 0 Å². The number of benzene rings is 10. The average Bonchev–Trinajstić information content (AvgIpc) is 3.87. The van der Waals surface area contributed by atoms with Crippen LogP contribution in [-0.4, -0.2) is 15.9 Å². The molecule has 3 heteroatoms. The molecule has 0 radical (unpaired) electrons. The van der Waals surface area contributed by atoms with Gasteiger partial charge >= 0.3 is 6.85 Å². The fourth-order valence-electron chi connectivity index (χ4n) is 12.4. The molecule has 2 aliphatic heterocycles. The lowest BCUT2D eigenvalue weighted by molar-refractivity contribution is 1.17. The average molecular weight is 867 g/mol. The van der Waals surface area contributed by atoms with Crippen LogP contribution < -0.4 is 10.9 Å². The van der Waals surface area contributed by atoms with E-state index in [0.29, 0.717) is 0 Å². The summed E-state index contributed by atoms with van der Waals surface area (Å²) in [4.78, 5) is 0. The summed E-state index contributed by atoms with van der Waals surface area (Å²) in [6, 6.07) is 73.7. The van der Waals surface area contributed by atoms with Crippen LogP contribution >= 0.6 is 0 Å². The molecule has 68 heavy (non-hydrogen) atoms. The summed E-state index contributed by atoms with van der Waals surface area (Å²) in [5.41, 5.74) is 30.6. The van der Waals surface area contributed by atoms with E-state index in [1.807, 2.05) is 0 Å². The van der Waals surface area contributed by atoms with Gasteiger partial charge in [-0.1, -0.05) is 146 Å².